The van der Waals surface area contributed by atoms with Crippen molar-refractivity contribution in [1.82, 2.24) is 14.8 Å². The van der Waals surface area contributed by atoms with Crippen molar-refractivity contribution in [3.05, 3.63) is 52.5 Å². The van der Waals surface area contributed by atoms with Gasteiger partial charge in [0.2, 0.25) is 5.91 Å². The predicted molar refractivity (Wildman–Crippen MR) is 97.4 cm³/mol. The molecule has 3 saturated heterocycles. The number of fused-ring (bicyclic) bond motifs is 4. The molecule has 0 spiro atoms. The summed E-state index contributed by atoms with van der Waals surface area (Å²) in [5.41, 5.74) is 3.65. The van der Waals surface area contributed by atoms with Crippen molar-refractivity contribution in [3.8, 4) is 0 Å². The smallest absolute Gasteiger partial charge is 0.410 e. The first-order valence-electron chi connectivity index (χ1n) is 8.84. The fraction of sp³-hybridized carbons (Fsp3) is 0.421. The third-order valence-corrected chi connectivity index (χ3v) is 5.71. The number of thiazole rings is 1. The number of ether oxygens (including phenoxy) is 1. The van der Waals surface area contributed by atoms with Crippen LogP contribution in [-0.4, -0.2) is 45.9 Å². The number of piperidine rings is 1. The number of benzene rings is 1. The zero-order valence-electron chi connectivity index (χ0n) is 14.4. The molecule has 7 heteroatoms. The summed E-state index contributed by atoms with van der Waals surface area (Å²) in [6, 6.07) is 9.67. The quantitative estimate of drug-likeness (QED) is 0.829. The van der Waals surface area contributed by atoms with Gasteiger partial charge in [0, 0.05) is 24.5 Å². The van der Waals surface area contributed by atoms with Gasteiger partial charge in [-0.25, -0.2) is 9.78 Å². The molecular formula is C19H21N3O3S. The number of aromatic nitrogens is 1. The van der Waals surface area contributed by atoms with E-state index < -0.39 is 0 Å². The zero-order valence-corrected chi connectivity index (χ0v) is 15.2. The number of carbonyl (C=O) groups excluding carboxylic acids is 2. The largest absolute Gasteiger partial charge is 0.445 e. The van der Waals surface area contributed by atoms with Crippen molar-refractivity contribution in [2.24, 2.45) is 5.92 Å². The molecular weight excluding hydrogens is 350 g/mol. The Balaban J connectivity index is 1.42. The van der Waals surface area contributed by atoms with Gasteiger partial charge in [-0.1, -0.05) is 30.3 Å². The molecule has 0 unspecified atom stereocenters. The fourth-order valence-corrected chi connectivity index (χ4v) is 4.25. The standard InChI is InChI=1S/C19H21N3O3S/c23-18-15-6-7-17(22(18)9-16-12-26-13-20-16)10-21(8-15)19(24)25-11-14-4-2-1-3-5-14/h1-5,12-13,15,17H,6-11H2/t15-,17+/m0/s1. The van der Waals surface area contributed by atoms with Crippen LogP contribution in [0.25, 0.3) is 0 Å². The van der Waals surface area contributed by atoms with E-state index in [4.69, 9.17) is 4.74 Å². The SMILES string of the molecule is O=C(OCc1ccccc1)N1C[C@@H]2CC[C@H](C1)N(Cc1cscn1)C2=O. The highest BCUT2D eigenvalue weighted by Crippen LogP contribution is 2.30. The van der Waals surface area contributed by atoms with Gasteiger partial charge in [0.15, 0.2) is 0 Å². The lowest BCUT2D eigenvalue weighted by Gasteiger charge is -2.35. The molecule has 1 aromatic heterocycles. The van der Waals surface area contributed by atoms with Crippen molar-refractivity contribution in [1.29, 1.82) is 0 Å². The number of amides is 2. The first-order chi connectivity index (χ1) is 12.7. The molecule has 6 nitrogen and oxygen atoms in total. The minimum Gasteiger partial charge on any atom is -0.445 e. The molecule has 0 radical (unpaired) electrons. The summed E-state index contributed by atoms with van der Waals surface area (Å²) < 4.78 is 5.47. The summed E-state index contributed by atoms with van der Waals surface area (Å²) >= 11 is 1.53. The van der Waals surface area contributed by atoms with Gasteiger partial charge in [-0.3, -0.25) is 4.79 Å². The third kappa shape index (κ3) is 3.58. The van der Waals surface area contributed by atoms with Crippen LogP contribution in [0.2, 0.25) is 0 Å². The monoisotopic (exact) mass is 371 g/mol. The Morgan fingerprint density at radius 3 is 2.85 bits per heavy atom. The first-order valence-corrected chi connectivity index (χ1v) is 9.78. The lowest BCUT2D eigenvalue weighted by atomic mass is 9.94. The van der Waals surface area contributed by atoms with Crippen molar-refractivity contribution < 1.29 is 14.3 Å². The van der Waals surface area contributed by atoms with Crippen molar-refractivity contribution in [3.63, 3.8) is 0 Å². The number of rotatable bonds is 4. The molecule has 3 aliphatic heterocycles. The predicted octanol–water partition coefficient (Wildman–Crippen LogP) is 2.90. The second-order valence-electron chi connectivity index (χ2n) is 6.82. The van der Waals surface area contributed by atoms with Gasteiger partial charge in [-0.05, 0) is 18.4 Å². The summed E-state index contributed by atoms with van der Waals surface area (Å²) in [7, 11) is 0. The Bertz CT molecular complexity index is 766. The van der Waals surface area contributed by atoms with E-state index in [-0.39, 0.29) is 30.6 Å². The van der Waals surface area contributed by atoms with Crippen molar-refractivity contribution in [2.75, 3.05) is 13.1 Å². The van der Waals surface area contributed by atoms with E-state index in [0.29, 0.717) is 19.6 Å². The molecule has 4 heterocycles. The van der Waals surface area contributed by atoms with Crippen LogP contribution in [0.5, 0.6) is 0 Å². The Morgan fingerprint density at radius 2 is 2.08 bits per heavy atom. The topological polar surface area (TPSA) is 62.7 Å². The van der Waals surface area contributed by atoms with E-state index >= 15 is 0 Å². The van der Waals surface area contributed by atoms with Crippen LogP contribution in [-0.2, 0) is 22.7 Å². The molecule has 3 fully saturated rings. The van der Waals surface area contributed by atoms with Gasteiger partial charge < -0.3 is 14.5 Å². The highest BCUT2D eigenvalue weighted by Gasteiger charge is 2.42. The minimum atomic E-state index is -0.339. The molecule has 0 aliphatic carbocycles. The van der Waals surface area contributed by atoms with E-state index in [0.717, 1.165) is 24.1 Å². The summed E-state index contributed by atoms with van der Waals surface area (Å²) in [6.45, 7) is 1.74. The maximum Gasteiger partial charge on any atom is 0.410 e. The van der Waals surface area contributed by atoms with Gasteiger partial charge in [-0.15, -0.1) is 11.3 Å². The number of carbonyl (C=O) groups is 2. The molecule has 1 aromatic carbocycles. The Hall–Kier alpha value is -2.41. The van der Waals surface area contributed by atoms with E-state index in [1.54, 1.807) is 10.4 Å². The van der Waals surface area contributed by atoms with E-state index in [1.807, 2.05) is 40.6 Å². The maximum atomic E-state index is 12.8. The van der Waals surface area contributed by atoms with Gasteiger partial charge in [0.05, 0.1) is 23.7 Å². The Labute approximate surface area is 156 Å². The van der Waals surface area contributed by atoms with E-state index in [9.17, 15) is 9.59 Å². The van der Waals surface area contributed by atoms with Crippen molar-refractivity contribution in [2.45, 2.75) is 32.0 Å². The third-order valence-electron chi connectivity index (χ3n) is 5.07. The van der Waals surface area contributed by atoms with Crippen LogP contribution < -0.4 is 0 Å². The second kappa shape index (κ2) is 7.45. The molecule has 0 N–H and O–H groups in total. The highest BCUT2D eigenvalue weighted by atomic mass is 32.1. The molecule has 136 valence electrons. The van der Waals surface area contributed by atoms with Crippen LogP contribution in [0, 0.1) is 5.92 Å². The normalized spacial score (nSPS) is 22.4. The molecule has 5 rings (SSSR count). The lowest BCUT2D eigenvalue weighted by molar-refractivity contribution is -0.140. The average Bonchev–Trinajstić information content (AvgIpc) is 3.03. The first kappa shape index (κ1) is 17.0. The average molecular weight is 371 g/mol. The van der Waals surface area contributed by atoms with Gasteiger partial charge >= 0.3 is 6.09 Å². The van der Waals surface area contributed by atoms with E-state index in [2.05, 4.69) is 4.98 Å². The Kier molecular flexibility index (Phi) is 4.88. The summed E-state index contributed by atoms with van der Waals surface area (Å²) in [4.78, 5) is 33.2. The van der Waals surface area contributed by atoms with Crippen LogP contribution in [0.1, 0.15) is 24.1 Å². The van der Waals surface area contributed by atoms with Gasteiger partial charge in [-0.2, -0.15) is 0 Å². The van der Waals surface area contributed by atoms with Gasteiger partial charge in [0.1, 0.15) is 6.61 Å². The molecule has 3 aliphatic rings. The van der Waals surface area contributed by atoms with Crippen LogP contribution >= 0.6 is 11.3 Å². The van der Waals surface area contributed by atoms with Gasteiger partial charge in [0.25, 0.3) is 0 Å². The van der Waals surface area contributed by atoms with Crippen LogP contribution in [0.4, 0.5) is 4.79 Å². The zero-order chi connectivity index (χ0) is 17.9. The minimum absolute atomic E-state index is 0.0345. The Morgan fingerprint density at radius 1 is 1.23 bits per heavy atom. The summed E-state index contributed by atoms with van der Waals surface area (Å²) in [5.74, 6) is -0.00993. The highest BCUT2D eigenvalue weighted by molar-refractivity contribution is 7.07. The molecule has 2 aromatic rings. The lowest BCUT2D eigenvalue weighted by Crippen LogP contribution is -2.47. The molecule has 2 atom stereocenters. The number of hydrogen-bond donors (Lipinski definition) is 0. The molecule has 0 saturated carbocycles. The number of nitrogens with zero attached hydrogens (tertiary/aromatic N) is 3. The fourth-order valence-electron chi connectivity index (χ4n) is 3.70. The molecule has 2 amide bonds. The maximum absolute atomic E-state index is 12.8. The summed E-state index contributed by atoms with van der Waals surface area (Å²) in [6.07, 6.45) is 1.41. The molecule has 2 bridgehead atoms. The van der Waals surface area contributed by atoms with Crippen molar-refractivity contribution >= 4 is 23.3 Å². The van der Waals surface area contributed by atoms with Crippen LogP contribution in [0.3, 0.4) is 0 Å². The number of hydrogen-bond acceptors (Lipinski definition) is 5. The molecule has 26 heavy (non-hydrogen) atoms. The summed E-state index contributed by atoms with van der Waals surface area (Å²) in [5, 5.41) is 1.97. The van der Waals surface area contributed by atoms with E-state index in [1.165, 1.54) is 11.3 Å². The van der Waals surface area contributed by atoms with Crippen LogP contribution in [0.15, 0.2) is 41.2 Å². The second-order valence-corrected chi connectivity index (χ2v) is 7.54.